The highest BCUT2D eigenvalue weighted by atomic mass is 16.3. The fourth-order valence-electron chi connectivity index (χ4n) is 4.06. The van der Waals surface area contributed by atoms with Crippen LogP contribution in [0.5, 0.6) is 5.75 Å². The number of benzene rings is 1. The predicted octanol–water partition coefficient (Wildman–Crippen LogP) is 2.00. The zero-order valence-electron chi connectivity index (χ0n) is 16.6. The van der Waals surface area contributed by atoms with E-state index in [0.29, 0.717) is 0 Å². The summed E-state index contributed by atoms with van der Waals surface area (Å²) in [6, 6.07) is 21.8. The van der Waals surface area contributed by atoms with Crippen LogP contribution in [0.15, 0.2) is 66.7 Å². The Balaban J connectivity index is 1.64. The standard InChI is InChI=1S/C26H20N4O/c31-26-4-2-1-3-23(26)24-14-22-13-20-8-7-18(28-20)11-16-5-6-17(27-16)12-19-9-10-21(29-19)15-25(24)30-22/h1-15,27-31H. The number of aromatic amines is 4. The maximum Gasteiger partial charge on any atom is 0.123 e. The first-order chi connectivity index (χ1) is 15.2. The molecule has 0 saturated carbocycles. The highest BCUT2D eigenvalue weighted by molar-refractivity contribution is 5.72. The summed E-state index contributed by atoms with van der Waals surface area (Å²) in [5.74, 6) is 0.258. The molecule has 0 saturated heterocycles. The van der Waals surface area contributed by atoms with Crippen LogP contribution < -0.4 is 21.4 Å². The molecule has 8 bridgehead atoms. The van der Waals surface area contributed by atoms with Crippen LogP contribution >= 0.6 is 0 Å². The Hall–Kier alpha value is -4.38. The number of nitrogens with one attached hydrogen (secondary N) is 4. The predicted molar refractivity (Wildman–Crippen MR) is 123 cm³/mol. The van der Waals surface area contributed by atoms with Gasteiger partial charge in [0.25, 0.3) is 0 Å². The first-order valence-corrected chi connectivity index (χ1v) is 10.2. The largest absolute Gasteiger partial charge is 0.507 e. The Bertz CT molecular complexity index is 1660. The van der Waals surface area contributed by atoms with E-state index in [1.54, 1.807) is 6.07 Å². The van der Waals surface area contributed by atoms with Crippen molar-refractivity contribution in [3.63, 3.8) is 0 Å². The lowest BCUT2D eigenvalue weighted by molar-refractivity contribution is 0.477. The van der Waals surface area contributed by atoms with Crippen molar-refractivity contribution in [2.75, 3.05) is 0 Å². The van der Waals surface area contributed by atoms with Crippen molar-refractivity contribution in [1.82, 2.24) is 19.9 Å². The molecular formula is C26H20N4O. The highest BCUT2D eigenvalue weighted by Crippen LogP contribution is 2.25. The van der Waals surface area contributed by atoms with Crippen LogP contribution in [-0.2, 0) is 0 Å². The Morgan fingerprint density at radius 3 is 1.71 bits per heavy atom. The first kappa shape index (κ1) is 17.5. The van der Waals surface area contributed by atoms with Gasteiger partial charge in [-0.3, -0.25) is 0 Å². The zero-order chi connectivity index (χ0) is 20.8. The SMILES string of the molecule is Oc1ccccc1-c1cc2[nH]c1=Cc1ccc([nH]1)C=c1ccc([nH]1)=Cc1ccc([nH]1)C=2. The van der Waals surface area contributed by atoms with Crippen LogP contribution in [0.1, 0.15) is 22.8 Å². The van der Waals surface area contributed by atoms with E-state index in [1.807, 2.05) is 18.2 Å². The minimum absolute atomic E-state index is 0.258. The van der Waals surface area contributed by atoms with Gasteiger partial charge in [-0.15, -0.1) is 0 Å². The Kier molecular flexibility index (Phi) is 3.86. The van der Waals surface area contributed by atoms with E-state index >= 15 is 0 Å². The van der Waals surface area contributed by atoms with Gasteiger partial charge in [0.05, 0.1) is 0 Å². The van der Waals surface area contributed by atoms with Gasteiger partial charge in [-0.2, -0.15) is 0 Å². The van der Waals surface area contributed by atoms with Gasteiger partial charge in [-0.1, -0.05) is 18.2 Å². The van der Waals surface area contributed by atoms with E-state index in [1.165, 1.54) is 0 Å². The van der Waals surface area contributed by atoms with Gasteiger partial charge in [0.15, 0.2) is 0 Å². The van der Waals surface area contributed by atoms with E-state index in [2.05, 4.69) is 86.7 Å². The molecule has 0 aliphatic carbocycles. The molecule has 0 atom stereocenters. The molecule has 1 aromatic carbocycles. The average Bonchev–Trinajstić information content (AvgIpc) is 3.53. The number of fused-ring (bicyclic) bond motifs is 8. The number of para-hydroxylation sites is 1. The second kappa shape index (κ2) is 6.85. The molecule has 6 rings (SSSR count). The molecule has 31 heavy (non-hydrogen) atoms. The monoisotopic (exact) mass is 404 g/mol. The van der Waals surface area contributed by atoms with Gasteiger partial charge in [0, 0.05) is 55.3 Å². The van der Waals surface area contributed by atoms with Crippen molar-refractivity contribution in [1.29, 1.82) is 0 Å². The number of aromatic nitrogens is 4. The molecule has 0 spiro atoms. The summed E-state index contributed by atoms with van der Waals surface area (Å²) in [4.78, 5) is 13.8. The number of phenols is 1. The third kappa shape index (κ3) is 3.32. The van der Waals surface area contributed by atoms with Crippen molar-refractivity contribution >= 4 is 24.3 Å². The quantitative estimate of drug-likeness (QED) is 0.285. The zero-order valence-corrected chi connectivity index (χ0v) is 16.6. The second-order valence-electron chi connectivity index (χ2n) is 7.75. The van der Waals surface area contributed by atoms with Gasteiger partial charge < -0.3 is 25.0 Å². The lowest BCUT2D eigenvalue weighted by Crippen LogP contribution is -2.11. The Morgan fingerprint density at radius 1 is 0.484 bits per heavy atom. The molecule has 0 fully saturated rings. The highest BCUT2D eigenvalue weighted by Gasteiger charge is 2.08. The third-order valence-electron chi connectivity index (χ3n) is 5.49. The van der Waals surface area contributed by atoms with Crippen molar-refractivity contribution < 1.29 is 5.11 Å². The third-order valence-corrected chi connectivity index (χ3v) is 5.49. The number of rotatable bonds is 1. The van der Waals surface area contributed by atoms with Crippen LogP contribution in [0.3, 0.4) is 0 Å². The molecule has 150 valence electrons. The summed E-state index contributed by atoms with van der Waals surface area (Å²) >= 11 is 0. The van der Waals surface area contributed by atoms with Crippen LogP contribution in [0, 0.1) is 0 Å². The molecule has 0 unspecified atom stereocenters. The Labute approximate surface area is 177 Å². The van der Waals surface area contributed by atoms with Crippen molar-refractivity contribution in [3.8, 4) is 16.9 Å². The molecule has 5 heterocycles. The summed E-state index contributed by atoms with van der Waals surface area (Å²) in [5, 5.41) is 14.4. The fourth-order valence-corrected chi connectivity index (χ4v) is 4.06. The van der Waals surface area contributed by atoms with Gasteiger partial charge in [-0.25, -0.2) is 0 Å². The van der Waals surface area contributed by atoms with Crippen molar-refractivity contribution in [2.24, 2.45) is 0 Å². The molecule has 4 aromatic heterocycles. The minimum Gasteiger partial charge on any atom is -0.507 e. The topological polar surface area (TPSA) is 83.4 Å². The van der Waals surface area contributed by atoms with Gasteiger partial charge >= 0.3 is 0 Å². The van der Waals surface area contributed by atoms with Gasteiger partial charge in [0.1, 0.15) is 5.75 Å². The summed E-state index contributed by atoms with van der Waals surface area (Å²) in [6.45, 7) is 0. The average molecular weight is 404 g/mol. The van der Waals surface area contributed by atoms with Crippen LogP contribution in [0.4, 0.5) is 0 Å². The van der Waals surface area contributed by atoms with E-state index < -0.39 is 0 Å². The van der Waals surface area contributed by atoms with Gasteiger partial charge in [0.2, 0.25) is 0 Å². The molecule has 1 aliphatic rings. The number of hydrogen-bond donors (Lipinski definition) is 5. The summed E-state index contributed by atoms with van der Waals surface area (Å²) in [6.07, 6.45) is 8.30. The molecule has 0 radical (unpaired) electrons. The van der Waals surface area contributed by atoms with Gasteiger partial charge in [-0.05, 0) is 72.8 Å². The molecule has 5 N–H and O–H groups in total. The van der Waals surface area contributed by atoms with Crippen LogP contribution in [0.2, 0.25) is 0 Å². The molecule has 1 aliphatic heterocycles. The Morgan fingerprint density at radius 2 is 1.06 bits per heavy atom. The summed E-state index contributed by atoms with van der Waals surface area (Å²) in [5.41, 5.74) is 5.74. The number of phenolic OH excluding ortho intramolecular Hbond substituents is 1. The maximum atomic E-state index is 10.5. The molecular weight excluding hydrogens is 384 g/mol. The lowest BCUT2D eigenvalue weighted by Gasteiger charge is -2.01. The fraction of sp³-hybridized carbons (Fsp3) is 0. The van der Waals surface area contributed by atoms with E-state index in [0.717, 1.165) is 55.3 Å². The first-order valence-electron chi connectivity index (χ1n) is 10.2. The van der Waals surface area contributed by atoms with Crippen LogP contribution in [0.25, 0.3) is 35.4 Å². The van der Waals surface area contributed by atoms with E-state index in [4.69, 9.17) is 0 Å². The van der Waals surface area contributed by atoms with Crippen molar-refractivity contribution in [2.45, 2.75) is 0 Å². The second-order valence-corrected chi connectivity index (χ2v) is 7.75. The molecule has 5 nitrogen and oxygen atoms in total. The molecule has 5 aromatic rings. The number of aromatic hydroxyl groups is 1. The molecule has 0 amide bonds. The smallest absolute Gasteiger partial charge is 0.123 e. The van der Waals surface area contributed by atoms with Crippen LogP contribution in [-0.4, -0.2) is 25.0 Å². The van der Waals surface area contributed by atoms with E-state index in [-0.39, 0.29) is 5.75 Å². The maximum absolute atomic E-state index is 10.5. The summed E-state index contributed by atoms with van der Waals surface area (Å²) in [7, 11) is 0. The van der Waals surface area contributed by atoms with Crippen molar-refractivity contribution in [3.05, 3.63) is 111 Å². The minimum atomic E-state index is 0.258. The van der Waals surface area contributed by atoms with E-state index in [9.17, 15) is 5.11 Å². The summed E-state index contributed by atoms with van der Waals surface area (Å²) < 4.78 is 0. The lowest BCUT2D eigenvalue weighted by atomic mass is 10.1. The molecule has 5 heteroatoms. The number of H-pyrrole nitrogens is 4. The number of hydrogen-bond acceptors (Lipinski definition) is 1. The normalized spacial score (nSPS) is 12.4.